The number of hydrogen-bond donors (Lipinski definition) is 0. The van der Waals surface area contributed by atoms with Gasteiger partial charge in [-0.1, -0.05) is 0 Å². The second-order valence-corrected chi connectivity index (χ2v) is 4.45. The lowest BCUT2D eigenvalue weighted by Gasteiger charge is -2.44. The lowest BCUT2D eigenvalue weighted by atomic mass is 9.82. The van der Waals surface area contributed by atoms with Crippen LogP contribution in [0.5, 0.6) is 0 Å². The molecule has 14 heavy (non-hydrogen) atoms. The van der Waals surface area contributed by atoms with Gasteiger partial charge in [-0.2, -0.15) is 0 Å². The van der Waals surface area contributed by atoms with Gasteiger partial charge >= 0.3 is 0 Å². The summed E-state index contributed by atoms with van der Waals surface area (Å²) < 4.78 is 5.04. The van der Waals surface area contributed by atoms with Crippen LogP contribution in [0.1, 0.15) is 36.8 Å². The second-order valence-electron chi connectivity index (χ2n) is 4.45. The van der Waals surface area contributed by atoms with Crippen molar-refractivity contribution in [1.29, 1.82) is 0 Å². The van der Waals surface area contributed by atoms with Gasteiger partial charge in [0.1, 0.15) is 5.69 Å². The quantitative estimate of drug-likeness (QED) is 0.678. The second kappa shape index (κ2) is 3.05. The van der Waals surface area contributed by atoms with Crippen molar-refractivity contribution in [1.82, 2.24) is 15.3 Å². The summed E-state index contributed by atoms with van der Waals surface area (Å²) in [5.74, 6) is 1.80. The molecule has 76 valence electrons. The molecule has 0 aromatic carbocycles. The number of nitrogens with zero attached hydrogens (tertiary/aromatic N) is 3. The third kappa shape index (κ3) is 1.17. The highest BCUT2D eigenvalue weighted by Gasteiger charge is 2.36. The molecule has 4 heteroatoms. The highest BCUT2D eigenvalue weighted by Crippen LogP contribution is 2.40. The standard InChI is InChI=1S/C10H15N3O/c1-7-10(11-12-14-7)9-6-8-2-4-13(9)5-3-8/h8-9H,2-6H2,1H3. The van der Waals surface area contributed by atoms with E-state index in [1.165, 1.54) is 32.4 Å². The molecule has 3 saturated heterocycles. The maximum absolute atomic E-state index is 5.04. The molecule has 4 heterocycles. The Morgan fingerprint density at radius 2 is 2.14 bits per heavy atom. The fraction of sp³-hybridized carbons (Fsp3) is 0.800. The minimum absolute atomic E-state index is 0.480. The van der Waals surface area contributed by atoms with Gasteiger partial charge in [0.25, 0.3) is 0 Å². The Morgan fingerprint density at radius 3 is 2.64 bits per heavy atom. The molecular weight excluding hydrogens is 178 g/mol. The summed E-state index contributed by atoms with van der Waals surface area (Å²) in [5, 5.41) is 7.73. The van der Waals surface area contributed by atoms with Gasteiger partial charge in [-0.05, 0) is 45.2 Å². The Labute approximate surface area is 83.3 Å². The molecule has 2 bridgehead atoms. The maximum Gasteiger partial charge on any atom is 0.158 e. The first-order valence-corrected chi connectivity index (χ1v) is 5.37. The normalized spacial score (nSPS) is 36.2. The van der Waals surface area contributed by atoms with Crippen LogP contribution in [0, 0.1) is 12.8 Å². The minimum atomic E-state index is 0.480. The monoisotopic (exact) mass is 193 g/mol. The molecular formula is C10H15N3O. The number of rotatable bonds is 1. The maximum atomic E-state index is 5.04. The van der Waals surface area contributed by atoms with E-state index in [2.05, 4.69) is 15.3 Å². The fourth-order valence-corrected chi connectivity index (χ4v) is 2.79. The lowest BCUT2D eigenvalue weighted by Crippen LogP contribution is -2.44. The summed E-state index contributed by atoms with van der Waals surface area (Å²) in [6.45, 7) is 4.40. The summed E-state index contributed by atoms with van der Waals surface area (Å²) >= 11 is 0. The summed E-state index contributed by atoms with van der Waals surface area (Å²) in [4.78, 5) is 2.52. The summed E-state index contributed by atoms with van der Waals surface area (Å²) in [5.41, 5.74) is 1.06. The number of hydrogen-bond acceptors (Lipinski definition) is 4. The van der Waals surface area contributed by atoms with Crippen LogP contribution in [0.4, 0.5) is 0 Å². The van der Waals surface area contributed by atoms with Crippen LogP contribution in [0.15, 0.2) is 4.52 Å². The fourth-order valence-electron chi connectivity index (χ4n) is 2.79. The van der Waals surface area contributed by atoms with Crippen LogP contribution in [0.3, 0.4) is 0 Å². The predicted molar refractivity (Wildman–Crippen MR) is 50.7 cm³/mol. The van der Waals surface area contributed by atoms with E-state index in [1.54, 1.807) is 0 Å². The van der Waals surface area contributed by atoms with Gasteiger partial charge in [0, 0.05) is 5.27 Å². The summed E-state index contributed by atoms with van der Waals surface area (Å²) in [6, 6.07) is 0.480. The Balaban J connectivity index is 1.89. The molecule has 0 aliphatic carbocycles. The van der Waals surface area contributed by atoms with Crippen LogP contribution in [0.25, 0.3) is 0 Å². The van der Waals surface area contributed by atoms with Gasteiger partial charge < -0.3 is 4.52 Å². The van der Waals surface area contributed by atoms with Crippen molar-refractivity contribution in [2.24, 2.45) is 5.92 Å². The van der Waals surface area contributed by atoms with Crippen molar-refractivity contribution in [2.45, 2.75) is 32.2 Å². The zero-order chi connectivity index (χ0) is 9.54. The third-order valence-electron chi connectivity index (χ3n) is 3.65. The first kappa shape index (κ1) is 8.41. The van der Waals surface area contributed by atoms with Crippen molar-refractivity contribution in [2.75, 3.05) is 13.1 Å². The molecule has 3 fully saturated rings. The molecule has 3 aliphatic rings. The van der Waals surface area contributed by atoms with Crippen molar-refractivity contribution in [3.05, 3.63) is 11.5 Å². The van der Waals surface area contributed by atoms with Crippen molar-refractivity contribution in [3.8, 4) is 0 Å². The van der Waals surface area contributed by atoms with Crippen LogP contribution in [-0.2, 0) is 0 Å². The molecule has 4 nitrogen and oxygen atoms in total. The Kier molecular flexibility index (Phi) is 1.83. The first-order chi connectivity index (χ1) is 6.84. The van der Waals surface area contributed by atoms with E-state index in [0.29, 0.717) is 6.04 Å². The molecule has 0 radical (unpaired) electrons. The molecule has 1 aromatic rings. The van der Waals surface area contributed by atoms with E-state index in [-0.39, 0.29) is 0 Å². The average molecular weight is 193 g/mol. The summed E-state index contributed by atoms with van der Waals surface area (Å²) in [6.07, 6.45) is 3.97. The smallest absolute Gasteiger partial charge is 0.158 e. The number of fused-ring (bicyclic) bond motifs is 3. The van der Waals surface area contributed by atoms with Gasteiger partial charge in [0.2, 0.25) is 0 Å². The predicted octanol–water partition coefficient (Wildman–Crippen LogP) is 1.53. The molecule has 0 spiro atoms. The molecule has 1 atom stereocenters. The van der Waals surface area contributed by atoms with Crippen LogP contribution >= 0.6 is 0 Å². The van der Waals surface area contributed by atoms with Crippen LogP contribution in [-0.4, -0.2) is 28.4 Å². The zero-order valence-electron chi connectivity index (χ0n) is 8.44. The van der Waals surface area contributed by atoms with Gasteiger partial charge in [-0.3, -0.25) is 4.90 Å². The number of piperidine rings is 3. The minimum Gasteiger partial charge on any atom is -0.342 e. The topological polar surface area (TPSA) is 42.2 Å². The van der Waals surface area contributed by atoms with E-state index in [4.69, 9.17) is 4.52 Å². The highest BCUT2D eigenvalue weighted by atomic mass is 16.5. The molecule has 0 saturated carbocycles. The SMILES string of the molecule is Cc1onnc1C1CC2CCN1CC2. The van der Waals surface area contributed by atoms with E-state index < -0.39 is 0 Å². The van der Waals surface area contributed by atoms with Gasteiger partial charge in [0.05, 0.1) is 6.04 Å². The molecule has 1 aromatic heterocycles. The molecule has 3 aliphatic heterocycles. The van der Waals surface area contributed by atoms with Crippen LogP contribution in [0.2, 0.25) is 0 Å². The molecule has 4 rings (SSSR count). The van der Waals surface area contributed by atoms with E-state index in [1.807, 2.05) is 6.92 Å². The molecule has 1 unspecified atom stereocenters. The average Bonchev–Trinajstić information content (AvgIpc) is 2.66. The third-order valence-corrected chi connectivity index (χ3v) is 3.65. The van der Waals surface area contributed by atoms with Gasteiger partial charge in [-0.25, -0.2) is 0 Å². The summed E-state index contributed by atoms with van der Waals surface area (Å²) in [7, 11) is 0. The van der Waals surface area contributed by atoms with E-state index >= 15 is 0 Å². The van der Waals surface area contributed by atoms with E-state index in [0.717, 1.165) is 17.4 Å². The zero-order valence-corrected chi connectivity index (χ0v) is 8.44. The highest BCUT2D eigenvalue weighted by molar-refractivity contribution is 5.11. The molecule has 0 amide bonds. The number of aryl methyl sites for hydroxylation is 1. The Bertz CT molecular complexity index is 328. The lowest BCUT2D eigenvalue weighted by molar-refractivity contribution is 0.0463. The Morgan fingerprint density at radius 1 is 1.36 bits per heavy atom. The van der Waals surface area contributed by atoms with Gasteiger partial charge in [0.15, 0.2) is 5.76 Å². The molecule has 0 N–H and O–H groups in total. The number of aromatic nitrogens is 2. The first-order valence-electron chi connectivity index (χ1n) is 5.37. The van der Waals surface area contributed by atoms with Crippen LogP contribution < -0.4 is 0 Å². The largest absolute Gasteiger partial charge is 0.342 e. The Hall–Kier alpha value is -0.900. The van der Waals surface area contributed by atoms with Crippen molar-refractivity contribution >= 4 is 0 Å². The van der Waals surface area contributed by atoms with Gasteiger partial charge in [-0.15, -0.1) is 5.10 Å². The van der Waals surface area contributed by atoms with Crippen molar-refractivity contribution < 1.29 is 4.52 Å². The van der Waals surface area contributed by atoms with Crippen molar-refractivity contribution in [3.63, 3.8) is 0 Å². The van der Waals surface area contributed by atoms with E-state index in [9.17, 15) is 0 Å².